The van der Waals surface area contributed by atoms with E-state index in [1.165, 1.54) is 5.56 Å². The molecule has 1 unspecified atom stereocenters. The minimum Gasteiger partial charge on any atom is -0.469 e. The average molecular weight is 333 g/mol. The van der Waals surface area contributed by atoms with Gasteiger partial charge in [0, 0.05) is 29.2 Å². The van der Waals surface area contributed by atoms with Gasteiger partial charge in [-0.25, -0.2) is 4.98 Å². The third-order valence-electron chi connectivity index (χ3n) is 3.60. The van der Waals surface area contributed by atoms with E-state index in [1.807, 2.05) is 18.2 Å². The number of hydrogen-bond donors (Lipinski definition) is 1. The van der Waals surface area contributed by atoms with Crippen LogP contribution in [0.2, 0.25) is 0 Å². The van der Waals surface area contributed by atoms with Crippen molar-refractivity contribution >= 4 is 15.9 Å². The molecule has 3 rings (SSSR count). The molecule has 0 amide bonds. The van der Waals surface area contributed by atoms with Crippen LogP contribution >= 0.6 is 15.9 Å². The summed E-state index contributed by atoms with van der Waals surface area (Å²) in [7, 11) is 0. The minimum absolute atomic E-state index is 0.0554. The van der Waals surface area contributed by atoms with Crippen LogP contribution in [0.3, 0.4) is 0 Å². The van der Waals surface area contributed by atoms with Crippen molar-refractivity contribution in [1.82, 2.24) is 10.3 Å². The summed E-state index contributed by atoms with van der Waals surface area (Å²) < 4.78 is 7.13. The highest BCUT2D eigenvalue weighted by Gasteiger charge is 2.28. The Labute approximate surface area is 127 Å². The molecule has 2 atom stereocenters. The van der Waals surface area contributed by atoms with Crippen molar-refractivity contribution in [2.75, 3.05) is 13.1 Å². The van der Waals surface area contributed by atoms with Crippen molar-refractivity contribution < 1.29 is 4.74 Å². The number of benzene rings is 1. The summed E-state index contributed by atoms with van der Waals surface area (Å²) in [4.78, 5) is 4.33. The fraction of sp³-hybridized carbons (Fsp3) is 0.312. The predicted octanol–water partition coefficient (Wildman–Crippen LogP) is 3.57. The van der Waals surface area contributed by atoms with E-state index < -0.39 is 0 Å². The van der Waals surface area contributed by atoms with Crippen molar-refractivity contribution in [3.63, 3.8) is 0 Å². The quantitative estimate of drug-likeness (QED) is 0.929. The molecule has 0 radical (unpaired) electrons. The largest absolute Gasteiger partial charge is 0.469 e. The monoisotopic (exact) mass is 332 g/mol. The lowest BCUT2D eigenvalue weighted by Crippen LogP contribution is -2.21. The lowest BCUT2D eigenvalue weighted by atomic mass is 9.95. The highest BCUT2D eigenvalue weighted by molar-refractivity contribution is 9.10. The number of rotatable bonds is 4. The number of aromatic nitrogens is 1. The molecule has 2 aromatic rings. The number of ether oxygens (including phenoxy) is 1. The molecule has 0 saturated carbocycles. The maximum atomic E-state index is 6.17. The van der Waals surface area contributed by atoms with Crippen molar-refractivity contribution in [3.05, 3.63) is 58.7 Å². The Morgan fingerprint density at radius 2 is 2.05 bits per heavy atom. The highest BCUT2D eigenvalue weighted by atomic mass is 79.9. The first-order valence-electron chi connectivity index (χ1n) is 6.87. The predicted molar refractivity (Wildman–Crippen MR) is 82.7 cm³/mol. The van der Waals surface area contributed by atoms with Gasteiger partial charge < -0.3 is 10.1 Å². The molecule has 2 heterocycles. The number of hydrogen-bond acceptors (Lipinski definition) is 3. The first-order chi connectivity index (χ1) is 9.83. The van der Waals surface area contributed by atoms with Gasteiger partial charge in [-0.15, -0.1) is 0 Å². The molecule has 1 aliphatic heterocycles. The Bertz CT molecular complexity index is 538. The third-order valence-corrected chi connectivity index (χ3v) is 4.07. The van der Waals surface area contributed by atoms with E-state index in [2.05, 4.69) is 50.5 Å². The Balaban J connectivity index is 1.83. The molecule has 104 valence electrons. The van der Waals surface area contributed by atoms with E-state index >= 15 is 0 Å². The second-order valence-corrected chi connectivity index (χ2v) is 5.93. The summed E-state index contributed by atoms with van der Waals surface area (Å²) in [5.74, 6) is 1.16. The standard InChI is InChI=1S/C16H17BrN2O/c17-14-6-7-15(19-11-14)20-16(13-8-9-18-10-13)12-4-2-1-3-5-12/h1-7,11,13,16,18H,8-10H2/t13?,16-/m1/s1. The van der Waals surface area contributed by atoms with Crippen LogP contribution in [-0.2, 0) is 0 Å². The van der Waals surface area contributed by atoms with Gasteiger partial charge in [0.05, 0.1) is 0 Å². The maximum absolute atomic E-state index is 6.17. The van der Waals surface area contributed by atoms with E-state index in [0.29, 0.717) is 11.8 Å². The van der Waals surface area contributed by atoms with Gasteiger partial charge in [-0.05, 0) is 40.5 Å². The molecule has 0 aliphatic carbocycles. The average Bonchev–Trinajstić information content (AvgIpc) is 3.01. The Kier molecular flexibility index (Phi) is 4.33. The van der Waals surface area contributed by atoms with Crippen LogP contribution in [0, 0.1) is 5.92 Å². The Morgan fingerprint density at radius 1 is 1.20 bits per heavy atom. The SMILES string of the molecule is Brc1ccc(O[C@H](c2ccccc2)C2CCNC2)nc1. The second-order valence-electron chi connectivity index (χ2n) is 5.02. The fourth-order valence-electron chi connectivity index (χ4n) is 2.58. The summed E-state index contributed by atoms with van der Waals surface area (Å²) in [6, 6.07) is 14.3. The molecule has 0 spiro atoms. The van der Waals surface area contributed by atoms with Crippen LogP contribution in [0.15, 0.2) is 53.1 Å². The lowest BCUT2D eigenvalue weighted by molar-refractivity contribution is 0.138. The Morgan fingerprint density at radius 3 is 2.70 bits per heavy atom. The van der Waals surface area contributed by atoms with Gasteiger partial charge in [0.25, 0.3) is 0 Å². The van der Waals surface area contributed by atoms with E-state index in [1.54, 1.807) is 6.20 Å². The summed E-state index contributed by atoms with van der Waals surface area (Å²) >= 11 is 3.39. The zero-order valence-electron chi connectivity index (χ0n) is 11.1. The lowest BCUT2D eigenvalue weighted by Gasteiger charge is -2.24. The van der Waals surface area contributed by atoms with Crippen LogP contribution in [0.1, 0.15) is 18.1 Å². The molecule has 1 aliphatic rings. The maximum Gasteiger partial charge on any atom is 0.213 e. The molecule has 20 heavy (non-hydrogen) atoms. The van der Waals surface area contributed by atoms with Crippen LogP contribution in [0.5, 0.6) is 5.88 Å². The third kappa shape index (κ3) is 3.19. The van der Waals surface area contributed by atoms with Crippen molar-refractivity contribution in [1.29, 1.82) is 0 Å². The first kappa shape index (κ1) is 13.6. The molecule has 1 aromatic heterocycles. The van der Waals surface area contributed by atoms with Gasteiger partial charge in [-0.1, -0.05) is 30.3 Å². The van der Waals surface area contributed by atoms with Gasteiger partial charge in [-0.2, -0.15) is 0 Å². The topological polar surface area (TPSA) is 34.1 Å². The van der Waals surface area contributed by atoms with Crippen molar-refractivity contribution in [2.24, 2.45) is 5.92 Å². The van der Waals surface area contributed by atoms with E-state index in [4.69, 9.17) is 4.74 Å². The van der Waals surface area contributed by atoms with Crippen LogP contribution in [0.4, 0.5) is 0 Å². The van der Waals surface area contributed by atoms with E-state index in [9.17, 15) is 0 Å². The summed E-state index contributed by atoms with van der Waals surface area (Å²) in [6.07, 6.45) is 2.96. The summed E-state index contributed by atoms with van der Waals surface area (Å²) in [5, 5.41) is 3.41. The zero-order chi connectivity index (χ0) is 13.8. The minimum atomic E-state index is 0.0554. The van der Waals surface area contributed by atoms with Crippen LogP contribution < -0.4 is 10.1 Å². The van der Waals surface area contributed by atoms with Gasteiger partial charge in [0.1, 0.15) is 6.10 Å². The van der Waals surface area contributed by atoms with Gasteiger partial charge >= 0.3 is 0 Å². The first-order valence-corrected chi connectivity index (χ1v) is 7.66. The molecule has 3 nitrogen and oxygen atoms in total. The van der Waals surface area contributed by atoms with Crippen LogP contribution in [-0.4, -0.2) is 18.1 Å². The van der Waals surface area contributed by atoms with Gasteiger partial charge in [-0.3, -0.25) is 0 Å². The number of nitrogens with one attached hydrogen (secondary N) is 1. The Hall–Kier alpha value is -1.39. The molecule has 1 N–H and O–H groups in total. The number of pyridine rings is 1. The second kappa shape index (κ2) is 6.37. The normalized spacial score (nSPS) is 19.8. The van der Waals surface area contributed by atoms with E-state index in [-0.39, 0.29) is 6.10 Å². The molecule has 4 heteroatoms. The summed E-state index contributed by atoms with van der Waals surface area (Å²) in [6.45, 7) is 2.06. The molecule has 1 saturated heterocycles. The van der Waals surface area contributed by atoms with E-state index in [0.717, 1.165) is 24.0 Å². The smallest absolute Gasteiger partial charge is 0.213 e. The highest BCUT2D eigenvalue weighted by Crippen LogP contribution is 2.31. The van der Waals surface area contributed by atoms with Crippen molar-refractivity contribution in [2.45, 2.75) is 12.5 Å². The fourth-order valence-corrected chi connectivity index (χ4v) is 2.81. The van der Waals surface area contributed by atoms with Crippen LogP contribution in [0.25, 0.3) is 0 Å². The van der Waals surface area contributed by atoms with Crippen molar-refractivity contribution in [3.8, 4) is 5.88 Å². The number of halogens is 1. The molecular formula is C16H17BrN2O. The molecular weight excluding hydrogens is 316 g/mol. The van der Waals surface area contributed by atoms with Gasteiger partial charge in [0.2, 0.25) is 5.88 Å². The summed E-state index contributed by atoms with van der Waals surface area (Å²) in [5.41, 5.74) is 1.21. The molecule has 1 aromatic carbocycles. The molecule has 0 bridgehead atoms. The molecule has 1 fully saturated rings. The van der Waals surface area contributed by atoms with Gasteiger partial charge in [0.15, 0.2) is 0 Å². The number of nitrogens with zero attached hydrogens (tertiary/aromatic N) is 1. The zero-order valence-corrected chi connectivity index (χ0v) is 12.7.